The summed E-state index contributed by atoms with van der Waals surface area (Å²) in [5.41, 5.74) is 1.45. The van der Waals surface area contributed by atoms with Crippen LogP contribution < -0.4 is 15.4 Å². The van der Waals surface area contributed by atoms with Crippen molar-refractivity contribution in [3.8, 4) is 5.75 Å². The molecule has 2 heterocycles. The number of carbonyl (C=O) groups excluding carboxylic acids is 2. The molecule has 1 aromatic carbocycles. The molecule has 1 atom stereocenters. The number of hydrogen-bond donors (Lipinski definition) is 3. The standard InChI is InChI=1S/C20H22N4O3S/c1-12(2)17(24-18(25)15-5-4-10-21-15)20-23-16(11-28-20)19(26)22-13-6-8-14(27-3)9-7-13/h4-12,17,21H,1-3H3,(H,22,26)(H,24,25)/t17-/m0/s1. The Hall–Kier alpha value is -3.13. The molecule has 146 valence electrons. The third kappa shape index (κ3) is 4.58. The number of carbonyl (C=O) groups is 2. The number of aromatic nitrogens is 2. The molecular weight excluding hydrogens is 376 g/mol. The van der Waals surface area contributed by atoms with Crippen LogP contribution in [0.15, 0.2) is 48.0 Å². The van der Waals surface area contributed by atoms with Gasteiger partial charge in [-0.15, -0.1) is 11.3 Å². The number of nitrogens with one attached hydrogen (secondary N) is 3. The quantitative estimate of drug-likeness (QED) is 0.563. The summed E-state index contributed by atoms with van der Waals surface area (Å²) in [6, 6.07) is 10.3. The van der Waals surface area contributed by atoms with Crippen LogP contribution in [0.25, 0.3) is 0 Å². The molecule has 3 N–H and O–H groups in total. The van der Waals surface area contributed by atoms with Gasteiger partial charge in [-0.1, -0.05) is 13.8 Å². The minimum atomic E-state index is -0.300. The maximum atomic E-state index is 12.5. The SMILES string of the molecule is COc1ccc(NC(=O)c2csc([C@@H](NC(=O)c3ccc[nH]3)C(C)C)n2)cc1. The van der Waals surface area contributed by atoms with E-state index in [-0.39, 0.29) is 23.8 Å². The van der Waals surface area contributed by atoms with Crippen molar-refractivity contribution in [3.05, 3.63) is 64.4 Å². The average Bonchev–Trinajstić information content (AvgIpc) is 3.38. The van der Waals surface area contributed by atoms with E-state index in [1.54, 1.807) is 55.1 Å². The van der Waals surface area contributed by atoms with Crippen LogP contribution in [0, 0.1) is 5.92 Å². The molecule has 2 amide bonds. The zero-order valence-corrected chi connectivity index (χ0v) is 16.7. The second-order valence-electron chi connectivity index (χ2n) is 6.53. The summed E-state index contributed by atoms with van der Waals surface area (Å²) in [7, 11) is 1.59. The van der Waals surface area contributed by atoms with Gasteiger partial charge in [0.1, 0.15) is 22.1 Å². The van der Waals surface area contributed by atoms with Crippen LogP contribution in [0.1, 0.15) is 45.9 Å². The van der Waals surface area contributed by atoms with Gasteiger partial charge in [-0.05, 0) is 42.3 Å². The van der Waals surface area contributed by atoms with Crippen molar-refractivity contribution in [1.82, 2.24) is 15.3 Å². The molecule has 3 aromatic rings. The summed E-state index contributed by atoms with van der Waals surface area (Å²) in [4.78, 5) is 32.2. The summed E-state index contributed by atoms with van der Waals surface area (Å²) >= 11 is 1.35. The predicted molar refractivity (Wildman–Crippen MR) is 109 cm³/mol. The van der Waals surface area contributed by atoms with Crippen molar-refractivity contribution in [1.29, 1.82) is 0 Å². The van der Waals surface area contributed by atoms with Gasteiger partial charge < -0.3 is 20.4 Å². The number of amides is 2. The Morgan fingerprint density at radius 1 is 1.14 bits per heavy atom. The van der Waals surface area contributed by atoms with Crippen LogP contribution in [0.2, 0.25) is 0 Å². The molecule has 2 aromatic heterocycles. The first-order valence-electron chi connectivity index (χ1n) is 8.83. The summed E-state index contributed by atoms with van der Waals surface area (Å²) in [6.45, 7) is 4.00. The highest BCUT2D eigenvalue weighted by Crippen LogP contribution is 2.26. The number of aromatic amines is 1. The van der Waals surface area contributed by atoms with E-state index >= 15 is 0 Å². The third-order valence-electron chi connectivity index (χ3n) is 4.16. The van der Waals surface area contributed by atoms with E-state index in [9.17, 15) is 9.59 Å². The van der Waals surface area contributed by atoms with Crippen molar-refractivity contribution in [2.45, 2.75) is 19.9 Å². The lowest BCUT2D eigenvalue weighted by molar-refractivity contribution is 0.0921. The van der Waals surface area contributed by atoms with Crippen LogP contribution in [-0.4, -0.2) is 28.9 Å². The summed E-state index contributed by atoms with van der Waals surface area (Å²) < 4.78 is 5.11. The molecule has 0 bridgehead atoms. The van der Waals surface area contributed by atoms with Gasteiger partial charge in [0, 0.05) is 17.3 Å². The minimum absolute atomic E-state index is 0.113. The van der Waals surface area contributed by atoms with Gasteiger partial charge in [-0.2, -0.15) is 0 Å². The number of anilines is 1. The first-order chi connectivity index (χ1) is 13.5. The highest BCUT2D eigenvalue weighted by molar-refractivity contribution is 7.10. The Bertz CT molecular complexity index is 933. The molecule has 8 heteroatoms. The van der Waals surface area contributed by atoms with Gasteiger partial charge in [-0.25, -0.2) is 4.98 Å². The zero-order chi connectivity index (χ0) is 20.1. The Kier molecular flexibility index (Phi) is 6.10. The maximum Gasteiger partial charge on any atom is 0.275 e. The highest BCUT2D eigenvalue weighted by Gasteiger charge is 2.24. The Morgan fingerprint density at radius 3 is 2.50 bits per heavy atom. The number of methoxy groups -OCH3 is 1. The van der Waals surface area contributed by atoms with E-state index in [4.69, 9.17) is 4.74 Å². The van der Waals surface area contributed by atoms with Crippen molar-refractivity contribution in [3.63, 3.8) is 0 Å². The molecule has 7 nitrogen and oxygen atoms in total. The van der Waals surface area contributed by atoms with Crippen LogP contribution in [-0.2, 0) is 0 Å². The van der Waals surface area contributed by atoms with E-state index in [1.807, 2.05) is 13.8 Å². The van der Waals surface area contributed by atoms with Crippen molar-refractivity contribution in [2.75, 3.05) is 12.4 Å². The van der Waals surface area contributed by atoms with Crippen LogP contribution in [0.5, 0.6) is 5.75 Å². The zero-order valence-electron chi connectivity index (χ0n) is 15.9. The van der Waals surface area contributed by atoms with Crippen LogP contribution >= 0.6 is 11.3 Å². The number of thiazole rings is 1. The summed E-state index contributed by atoms with van der Waals surface area (Å²) in [6.07, 6.45) is 1.70. The number of benzene rings is 1. The lowest BCUT2D eigenvalue weighted by Crippen LogP contribution is -2.32. The van der Waals surface area contributed by atoms with E-state index in [0.717, 1.165) is 0 Å². The highest BCUT2D eigenvalue weighted by atomic mass is 32.1. The van der Waals surface area contributed by atoms with E-state index in [2.05, 4.69) is 20.6 Å². The van der Waals surface area contributed by atoms with Gasteiger partial charge in [-0.3, -0.25) is 9.59 Å². The Morgan fingerprint density at radius 2 is 1.89 bits per heavy atom. The lowest BCUT2D eigenvalue weighted by atomic mass is 10.1. The fraction of sp³-hybridized carbons (Fsp3) is 0.250. The molecule has 0 unspecified atom stereocenters. The molecular formula is C20H22N4O3S. The van der Waals surface area contributed by atoms with E-state index in [1.165, 1.54) is 11.3 Å². The van der Waals surface area contributed by atoms with E-state index in [0.29, 0.717) is 27.8 Å². The predicted octanol–water partition coefficient (Wildman–Crippen LogP) is 3.86. The molecule has 0 spiro atoms. The molecule has 0 fully saturated rings. The second kappa shape index (κ2) is 8.71. The summed E-state index contributed by atoms with van der Waals surface area (Å²) in [5.74, 6) is 0.322. The second-order valence-corrected chi connectivity index (χ2v) is 7.42. The van der Waals surface area contributed by atoms with Gasteiger partial charge in [0.2, 0.25) is 0 Å². The minimum Gasteiger partial charge on any atom is -0.497 e. The number of rotatable bonds is 7. The fourth-order valence-corrected chi connectivity index (χ4v) is 3.63. The largest absolute Gasteiger partial charge is 0.497 e. The fourth-order valence-electron chi connectivity index (χ4n) is 2.61. The van der Waals surface area contributed by atoms with Gasteiger partial charge in [0.05, 0.1) is 13.2 Å². The van der Waals surface area contributed by atoms with Crippen LogP contribution in [0.3, 0.4) is 0 Å². The first kappa shape index (κ1) is 19.6. The topological polar surface area (TPSA) is 96.1 Å². The molecule has 0 aliphatic carbocycles. The van der Waals surface area contributed by atoms with Crippen molar-refractivity contribution in [2.24, 2.45) is 5.92 Å². The molecule has 0 aliphatic heterocycles. The van der Waals surface area contributed by atoms with Crippen molar-refractivity contribution >= 4 is 28.8 Å². The molecule has 0 saturated heterocycles. The molecule has 0 aliphatic rings. The van der Waals surface area contributed by atoms with Gasteiger partial charge in [0.15, 0.2) is 0 Å². The number of ether oxygens (including phenoxy) is 1. The van der Waals surface area contributed by atoms with Crippen LogP contribution in [0.4, 0.5) is 5.69 Å². The lowest BCUT2D eigenvalue weighted by Gasteiger charge is -2.19. The van der Waals surface area contributed by atoms with Gasteiger partial charge in [0.25, 0.3) is 11.8 Å². The number of nitrogens with zero attached hydrogens (tertiary/aromatic N) is 1. The molecule has 0 radical (unpaired) electrons. The Labute approximate surface area is 167 Å². The van der Waals surface area contributed by atoms with E-state index < -0.39 is 0 Å². The Balaban J connectivity index is 1.70. The molecule has 3 rings (SSSR count). The van der Waals surface area contributed by atoms with Crippen molar-refractivity contribution < 1.29 is 14.3 Å². The normalized spacial score (nSPS) is 11.9. The smallest absolute Gasteiger partial charge is 0.275 e. The monoisotopic (exact) mass is 398 g/mol. The average molecular weight is 398 g/mol. The number of hydrogen-bond acceptors (Lipinski definition) is 5. The molecule has 28 heavy (non-hydrogen) atoms. The molecule has 0 saturated carbocycles. The number of H-pyrrole nitrogens is 1. The first-order valence-corrected chi connectivity index (χ1v) is 9.71. The third-order valence-corrected chi connectivity index (χ3v) is 5.09. The summed E-state index contributed by atoms with van der Waals surface area (Å²) in [5, 5.41) is 8.18. The maximum absolute atomic E-state index is 12.5. The van der Waals surface area contributed by atoms with Gasteiger partial charge >= 0.3 is 0 Å².